The molecule has 6 nitrogen and oxygen atoms in total. The summed E-state index contributed by atoms with van der Waals surface area (Å²) < 4.78 is 13.3. The molecule has 4 heterocycles. The van der Waals surface area contributed by atoms with Crippen molar-refractivity contribution >= 4 is 0 Å². The summed E-state index contributed by atoms with van der Waals surface area (Å²) in [7, 11) is 1.98. The lowest BCUT2D eigenvalue weighted by molar-refractivity contribution is 0.171. The number of aryl methyl sites for hydroxylation is 1. The van der Waals surface area contributed by atoms with Gasteiger partial charge < -0.3 is 9.47 Å². The van der Waals surface area contributed by atoms with Crippen LogP contribution in [0.3, 0.4) is 0 Å². The van der Waals surface area contributed by atoms with Gasteiger partial charge in [0.15, 0.2) is 11.5 Å². The van der Waals surface area contributed by atoms with Gasteiger partial charge in [-0.05, 0) is 49.7 Å². The van der Waals surface area contributed by atoms with Crippen molar-refractivity contribution in [1.82, 2.24) is 19.7 Å². The van der Waals surface area contributed by atoms with Gasteiger partial charge in [-0.2, -0.15) is 5.10 Å². The van der Waals surface area contributed by atoms with E-state index in [2.05, 4.69) is 34.3 Å². The van der Waals surface area contributed by atoms with E-state index < -0.39 is 0 Å². The van der Waals surface area contributed by atoms with Crippen molar-refractivity contribution in [2.75, 3.05) is 19.8 Å². The first-order chi connectivity index (χ1) is 13.8. The number of rotatable bonds is 4. The first-order valence-electron chi connectivity index (χ1n) is 9.85. The minimum absolute atomic E-state index is 0.370. The maximum atomic E-state index is 5.76. The van der Waals surface area contributed by atoms with Crippen molar-refractivity contribution in [3.8, 4) is 22.8 Å². The van der Waals surface area contributed by atoms with Crippen LogP contribution in [0.5, 0.6) is 11.5 Å². The first-order valence-corrected chi connectivity index (χ1v) is 9.85. The van der Waals surface area contributed by atoms with Crippen LogP contribution in [0.1, 0.15) is 30.1 Å². The van der Waals surface area contributed by atoms with E-state index in [0.717, 1.165) is 48.0 Å². The maximum absolute atomic E-state index is 5.76. The summed E-state index contributed by atoms with van der Waals surface area (Å²) in [5, 5.41) is 4.75. The molecule has 0 bridgehead atoms. The predicted octanol–water partition coefficient (Wildman–Crippen LogP) is 3.59. The quantitative estimate of drug-likeness (QED) is 0.697. The van der Waals surface area contributed by atoms with Crippen LogP contribution in [0.2, 0.25) is 0 Å². The average Bonchev–Trinajstić information content (AvgIpc) is 3.35. The molecule has 144 valence electrons. The molecule has 2 aliphatic rings. The Morgan fingerprint density at radius 1 is 1.11 bits per heavy atom. The molecule has 0 spiro atoms. The summed E-state index contributed by atoms with van der Waals surface area (Å²) in [5.74, 6) is 1.61. The fraction of sp³-hybridized carbons (Fsp3) is 0.364. The molecule has 1 aromatic carbocycles. The van der Waals surface area contributed by atoms with Gasteiger partial charge in [-0.25, -0.2) is 0 Å². The molecule has 1 fully saturated rings. The molecule has 0 amide bonds. The Morgan fingerprint density at radius 2 is 2.00 bits per heavy atom. The lowest BCUT2D eigenvalue weighted by Gasteiger charge is -2.24. The molecular weight excluding hydrogens is 352 g/mol. The Balaban J connectivity index is 1.44. The molecule has 2 aromatic heterocycles. The summed E-state index contributed by atoms with van der Waals surface area (Å²) in [6, 6.07) is 12.6. The van der Waals surface area contributed by atoms with Gasteiger partial charge in [0.25, 0.3) is 0 Å². The Bertz CT molecular complexity index is 970. The van der Waals surface area contributed by atoms with Crippen LogP contribution in [0.15, 0.2) is 48.8 Å². The summed E-state index contributed by atoms with van der Waals surface area (Å²) in [4.78, 5) is 7.11. The van der Waals surface area contributed by atoms with E-state index in [0.29, 0.717) is 19.3 Å². The lowest BCUT2D eigenvalue weighted by atomic mass is 10.1. The number of fused-ring (bicyclic) bond motifs is 1. The zero-order valence-electron chi connectivity index (χ0n) is 16.0. The molecule has 0 aliphatic carbocycles. The van der Waals surface area contributed by atoms with Crippen LogP contribution >= 0.6 is 0 Å². The second-order valence-corrected chi connectivity index (χ2v) is 7.42. The van der Waals surface area contributed by atoms with Gasteiger partial charge in [0.2, 0.25) is 0 Å². The molecule has 3 aromatic rings. The smallest absolute Gasteiger partial charge is 0.162 e. The molecule has 0 N–H and O–H groups in total. The van der Waals surface area contributed by atoms with Crippen LogP contribution < -0.4 is 9.47 Å². The Labute approximate surface area is 164 Å². The van der Waals surface area contributed by atoms with E-state index in [-0.39, 0.29) is 0 Å². The largest absolute Gasteiger partial charge is 0.486 e. The number of hydrogen-bond donors (Lipinski definition) is 0. The number of pyridine rings is 1. The highest BCUT2D eigenvalue weighted by molar-refractivity contribution is 5.67. The molecule has 0 saturated carbocycles. The average molecular weight is 376 g/mol. The van der Waals surface area contributed by atoms with Gasteiger partial charge in [0, 0.05) is 37.1 Å². The van der Waals surface area contributed by atoms with Gasteiger partial charge in [0.05, 0.1) is 17.4 Å². The third-order valence-corrected chi connectivity index (χ3v) is 5.49. The van der Waals surface area contributed by atoms with E-state index in [4.69, 9.17) is 14.6 Å². The van der Waals surface area contributed by atoms with Gasteiger partial charge in [-0.1, -0.05) is 6.07 Å². The molecule has 2 aliphatic heterocycles. The molecular formula is C22H24N4O2. The van der Waals surface area contributed by atoms with Crippen LogP contribution in [0.25, 0.3) is 11.3 Å². The van der Waals surface area contributed by atoms with Crippen molar-refractivity contribution in [3.63, 3.8) is 0 Å². The van der Waals surface area contributed by atoms with E-state index in [1.165, 1.54) is 12.0 Å². The van der Waals surface area contributed by atoms with Gasteiger partial charge in [-0.3, -0.25) is 14.6 Å². The number of aromatic nitrogens is 3. The van der Waals surface area contributed by atoms with Crippen LogP contribution in [0.4, 0.5) is 0 Å². The predicted molar refractivity (Wildman–Crippen MR) is 106 cm³/mol. The Kier molecular flexibility index (Phi) is 4.49. The molecule has 6 heteroatoms. The number of hydrogen-bond acceptors (Lipinski definition) is 5. The fourth-order valence-electron chi connectivity index (χ4n) is 4.23. The number of likely N-dealkylation sites (tertiary alicyclic amines) is 1. The standard InChI is InChI=1S/C22H24N4O2/c1-25-14-17(15-26-10-4-6-19(26)18-5-2-3-9-23-18)22(24-25)16-7-8-20-21(13-16)28-12-11-27-20/h2-3,5,7-9,13-14,19H,4,6,10-12,15H2,1H3. The minimum atomic E-state index is 0.370. The SMILES string of the molecule is Cn1cc(CN2CCCC2c2ccccn2)c(-c2ccc3c(c2)OCCO3)n1. The normalized spacial score (nSPS) is 19.1. The fourth-order valence-corrected chi connectivity index (χ4v) is 4.23. The van der Waals surface area contributed by atoms with Crippen LogP contribution in [-0.2, 0) is 13.6 Å². The first kappa shape index (κ1) is 17.3. The van der Waals surface area contributed by atoms with E-state index in [9.17, 15) is 0 Å². The highest BCUT2D eigenvalue weighted by atomic mass is 16.6. The highest BCUT2D eigenvalue weighted by Gasteiger charge is 2.28. The van der Waals surface area contributed by atoms with E-state index in [1.807, 2.05) is 36.1 Å². The molecule has 1 unspecified atom stereocenters. The van der Waals surface area contributed by atoms with E-state index >= 15 is 0 Å². The summed E-state index contributed by atoms with van der Waals surface area (Å²) in [5.41, 5.74) is 4.45. The highest BCUT2D eigenvalue weighted by Crippen LogP contribution is 2.37. The minimum Gasteiger partial charge on any atom is -0.486 e. The molecule has 5 rings (SSSR count). The Morgan fingerprint density at radius 3 is 2.86 bits per heavy atom. The molecule has 1 atom stereocenters. The van der Waals surface area contributed by atoms with Crippen molar-refractivity contribution in [3.05, 3.63) is 60.0 Å². The zero-order valence-corrected chi connectivity index (χ0v) is 16.0. The summed E-state index contributed by atoms with van der Waals surface area (Å²) in [6.07, 6.45) is 6.36. The van der Waals surface area contributed by atoms with E-state index in [1.54, 1.807) is 0 Å². The Hall–Kier alpha value is -2.86. The van der Waals surface area contributed by atoms with Crippen LogP contribution in [0, 0.1) is 0 Å². The lowest BCUT2D eigenvalue weighted by Crippen LogP contribution is -2.23. The van der Waals surface area contributed by atoms with Gasteiger partial charge in [-0.15, -0.1) is 0 Å². The topological polar surface area (TPSA) is 52.4 Å². The van der Waals surface area contributed by atoms with Gasteiger partial charge in [0.1, 0.15) is 13.2 Å². The van der Waals surface area contributed by atoms with Gasteiger partial charge >= 0.3 is 0 Å². The molecule has 28 heavy (non-hydrogen) atoms. The third-order valence-electron chi connectivity index (χ3n) is 5.49. The molecule has 1 saturated heterocycles. The number of ether oxygens (including phenoxy) is 2. The second kappa shape index (κ2) is 7.28. The van der Waals surface area contributed by atoms with Crippen molar-refractivity contribution in [2.45, 2.75) is 25.4 Å². The van der Waals surface area contributed by atoms with Crippen molar-refractivity contribution < 1.29 is 9.47 Å². The summed E-state index contributed by atoms with van der Waals surface area (Å²) in [6.45, 7) is 3.13. The second-order valence-electron chi connectivity index (χ2n) is 7.42. The third kappa shape index (κ3) is 3.24. The number of nitrogens with zero attached hydrogens (tertiary/aromatic N) is 4. The van der Waals surface area contributed by atoms with Crippen molar-refractivity contribution in [2.24, 2.45) is 7.05 Å². The zero-order chi connectivity index (χ0) is 18.9. The molecule has 0 radical (unpaired) electrons. The summed E-state index contributed by atoms with van der Waals surface area (Å²) >= 11 is 0. The van der Waals surface area contributed by atoms with Crippen LogP contribution in [-0.4, -0.2) is 39.4 Å². The monoisotopic (exact) mass is 376 g/mol. The van der Waals surface area contributed by atoms with Crippen molar-refractivity contribution in [1.29, 1.82) is 0 Å². The maximum Gasteiger partial charge on any atom is 0.162 e. The number of benzene rings is 1.